The number of rotatable bonds is 7. The van der Waals surface area contributed by atoms with E-state index in [1.807, 2.05) is 0 Å². The first kappa shape index (κ1) is 13.5. The van der Waals surface area contributed by atoms with E-state index in [0.29, 0.717) is 24.5 Å². The molecule has 5 nitrogen and oxygen atoms in total. The molecule has 1 aromatic heterocycles. The minimum Gasteiger partial charge on any atom is -0.347 e. The fourth-order valence-corrected chi connectivity index (χ4v) is 2.83. The number of aromatic amines is 1. The number of hydrogen-bond donors (Lipinski definition) is 2. The summed E-state index contributed by atoms with van der Waals surface area (Å²) in [5, 5.41) is 0. The molecule has 0 saturated carbocycles. The monoisotopic (exact) mass is 265 g/mol. The smallest absolute Gasteiger partial charge is 0.212 e. The summed E-state index contributed by atoms with van der Waals surface area (Å²) in [6.45, 7) is 1.75. The molecule has 0 saturated heterocycles. The van der Waals surface area contributed by atoms with Gasteiger partial charge in [0.1, 0.15) is 5.82 Å². The summed E-state index contributed by atoms with van der Waals surface area (Å²) >= 11 is 5.49. The second kappa shape index (κ2) is 6.22. The largest absolute Gasteiger partial charge is 0.347 e. The molecule has 0 fully saturated rings. The maximum Gasteiger partial charge on any atom is 0.212 e. The second-order valence-electron chi connectivity index (χ2n) is 3.53. The summed E-state index contributed by atoms with van der Waals surface area (Å²) in [5.74, 6) is 1.20. The Morgan fingerprint density at radius 2 is 2.31 bits per heavy atom. The van der Waals surface area contributed by atoms with Crippen LogP contribution in [0.1, 0.15) is 31.6 Å². The van der Waals surface area contributed by atoms with Gasteiger partial charge in [-0.25, -0.2) is 18.1 Å². The van der Waals surface area contributed by atoms with E-state index >= 15 is 0 Å². The molecule has 1 atom stereocenters. The van der Waals surface area contributed by atoms with Crippen molar-refractivity contribution >= 4 is 21.6 Å². The zero-order valence-corrected chi connectivity index (χ0v) is 10.7. The molecule has 7 heteroatoms. The number of aromatic nitrogens is 2. The quantitative estimate of drug-likeness (QED) is 0.578. The number of sulfonamides is 1. The van der Waals surface area contributed by atoms with Gasteiger partial charge in [0, 0.05) is 18.3 Å². The van der Waals surface area contributed by atoms with Crippen molar-refractivity contribution in [2.45, 2.75) is 25.8 Å². The number of imidazole rings is 1. The third kappa shape index (κ3) is 4.51. The molecule has 0 amide bonds. The Morgan fingerprint density at radius 3 is 2.88 bits per heavy atom. The number of alkyl halides is 1. The molecule has 1 unspecified atom stereocenters. The van der Waals surface area contributed by atoms with Crippen molar-refractivity contribution in [2.24, 2.45) is 0 Å². The normalized spacial score (nSPS) is 13.9. The highest BCUT2D eigenvalue weighted by molar-refractivity contribution is 7.89. The van der Waals surface area contributed by atoms with Gasteiger partial charge in [0.25, 0.3) is 0 Å². The molecule has 16 heavy (non-hydrogen) atoms. The van der Waals surface area contributed by atoms with Gasteiger partial charge >= 0.3 is 0 Å². The molecule has 0 aliphatic carbocycles. The molecular weight excluding hydrogens is 250 g/mol. The summed E-state index contributed by atoms with van der Waals surface area (Å²) in [6, 6.07) is -0.337. The van der Waals surface area contributed by atoms with Crippen molar-refractivity contribution in [1.82, 2.24) is 14.7 Å². The molecule has 92 valence electrons. The van der Waals surface area contributed by atoms with Gasteiger partial charge < -0.3 is 4.98 Å². The van der Waals surface area contributed by atoms with E-state index in [4.69, 9.17) is 11.6 Å². The highest BCUT2D eigenvalue weighted by atomic mass is 35.5. The summed E-state index contributed by atoms with van der Waals surface area (Å²) in [6.07, 6.45) is 4.53. The van der Waals surface area contributed by atoms with Gasteiger partial charge in [-0.2, -0.15) is 0 Å². The van der Waals surface area contributed by atoms with Gasteiger partial charge in [-0.1, -0.05) is 0 Å². The Bertz CT molecular complexity index is 391. The highest BCUT2D eigenvalue weighted by Crippen LogP contribution is 2.08. The van der Waals surface area contributed by atoms with Crippen LogP contribution in [-0.4, -0.2) is 30.0 Å². The number of unbranched alkanes of at least 4 members (excludes halogenated alkanes) is 1. The number of halogens is 1. The molecular formula is C9H16ClN3O2S. The average molecular weight is 266 g/mol. The Morgan fingerprint density at radius 1 is 1.56 bits per heavy atom. The molecule has 0 aliphatic heterocycles. The summed E-state index contributed by atoms with van der Waals surface area (Å²) < 4.78 is 25.8. The predicted octanol–water partition coefficient (Wildman–Crippen LogP) is 1.41. The molecule has 1 heterocycles. The van der Waals surface area contributed by atoms with Crippen molar-refractivity contribution in [1.29, 1.82) is 0 Å². The fourth-order valence-electron chi connectivity index (χ4n) is 1.28. The van der Waals surface area contributed by atoms with Crippen LogP contribution in [0.2, 0.25) is 0 Å². The van der Waals surface area contributed by atoms with Crippen molar-refractivity contribution in [2.75, 3.05) is 11.6 Å². The first-order valence-electron chi connectivity index (χ1n) is 5.10. The van der Waals surface area contributed by atoms with E-state index in [1.165, 1.54) is 0 Å². The zero-order chi connectivity index (χ0) is 12.0. The van der Waals surface area contributed by atoms with Crippen LogP contribution in [0.15, 0.2) is 12.4 Å². The van der Waals surface area contributed by atoms with Crippen molar-refractivity contribution < 1.29 is 8.42 Å². The standard InChI is InChI=1S/C9H16ClN3O2S/c1-8(9-11-5-6-12-9)13-16(14,15)7-3-2-4-10/h5-6,8,13H,2-4,7H2,1H3,(H,11,12). The third-order valence-electron chi connectivity index (χ3n) is 2.08. The van der Waals surface area contributed by atoms with Gasteiger partial charge in [0.2, 0.25) is 10.0 Å². The third-order valence-corrected chi connectivity index (χ3v) is 3.89. The maximum absolute atomic E-state index is 11.6. The fraction of sp³-hybridized carbons (Fsp3) is 0.667. The lowest BCUT2D eigenvalue weighted by atomic mass is 10.3. The van der Waals surface area contributed by atoms with E-state index in [9.17, 15) is 8.42 Å². The van der Waals surface area contributed by atoms with Crippen LogP contribution in [-0.2, 0) is 10.0 Å². The van der Waals surface area contributed by atoms with Crippen molar-refractivity contribution in [3.8, 4) is 0 Å². The summed E-state index contributed by atoms with van der Waals surface area (Å²) in [5.41, 5.74) is 0. The zero-order valence-electron chi connectivity index (χ0n) is 9.11. The molecule has 0 spiro atoms. The van der Waals surface area contributed by atoms with Gasteiger partial charge in [-0.3, -0.25) is 0 Å². The van der Waals surface area contributed by atoms with E-state index < -0.39 is 10.0 Å². The van der Waals surface area contributed by atoms with Gasteiger partial charge in [-0.05, 0) is 19.8 Å². The van der Waals surface area contributed by atoms with Crippen LogP contribution in [0.4, 0.5) is 0 Å². The molecule has 0 aromatic carbocycles. The molecule has 1 aromatic rings. The molecule has 0 bridgehead atoms. The lowest BCUT2D eigenvalue weighted by Crippen LogP contribution is -2.29. The van der Waals surface area contributed by atoms with Crippen LogP contribution in [0.3, 0.4) is 0 Å². The SMILES string of the molecule is CC(NS(=O)(=O)CCCCCl)c1ncc[nH]1. The first-order chi connectivity index (χ1) is 7.55. The van der Waals surface area contributed by atoms with Crippen LogP contribution >= 0.6 is 11.6 Å². The lowest BCUT2D eigenvalue weighted by molar-refractivity contribution is 0.558. The maximum atomic E-state index is 11.6. The number of hydrogen-bond acceptors (Lipinski definition) is 3. The van der Waals surface area contributed by atoms with Crippen LogP contribution < -0.4 is 4.72 Å². The number of H-pyrrole nitrogens is 1. The topological polar surface area (TPSA) is 74.8 Å². The van der Waals surface area contributed by atoms with E-state index in [2.05, 4.69) is 14.7 Å². The Hall–Kier alpha value is -0.590. The minimum absolute atomic E-state index is 0.102. The van der Waals surface area contributed by atoms with Crippen LogP contribution in [0, 0.1) is 0 Å². The van der Waals surface area contributed by atoms with Crippen LogP contribution in [0.5, 0.6) is 0 Å². The number of nitrogens with zero attached hydrogens (tertiary/aromatic N) is 1. The van der Waals surface area contributed by atoms with E-state index in [0.717, 1.165) is 0 Å². The first-order valence-corrected chi connectivity index (χ1v) is 7.29. The van der Waals surface area contributed by atoms with Gasteiger partial charge in [0.15, 0.2) is 0 Å². The lowest BCUT2D eigenvalue weighted by Gasteiger charge is -2.11. The Labute approximate surface area is 101 Å². The highest BCUT2D eigenvalue weighted by Gasteiger charge is 2.16. The predicted molar refractivity (Wildman–Crippen MR) is 63.9 cm³/mol. The summed E-state index contributed by atoms with van der Waals surface area (Å²) in [4.78, 5) is 6.86. The Balaban J connectivity index is 2.46. The summed E-state index contributed by atoms with van der Waals surface area (Å²) in [7, 11) is -3.25. The average Bonchev–Trinajstić information content (AvgIpc) is 2.69. The molecule has 0 aliphatic rings. The minimum atomic E-state index is -3.25. The molecule has 1 rings (SSSR count). The van der Waals surface area contributed by atoms with E-state index in [1.54, 1.807) is 19.3 Å². The molecule has 0 radical (unpaired) electrons. The van der Waals surface area contributed by atoms with Crippen molar-refractivity contribution in [3.05, 3.63) is 18.2 Å². The van der Waals surface area contributed by atoms with Gasteiger partial charge in [-0.15, -0.1) is 11.6 Å². The number of nitrogens with one attached hydrogen (secondary N) is 2. The van der Waals surface area contributed by atoms with E-state index in [-0.39, 0.29) is 11.8 Å². The molecule has 2 N–H and O–H groups in total. The second-order valence-corrected chi connectivity index (χ2v) is 5.78. The van der Waals surface area contributed by atoms with Crippen LogP contribution in [0.25, 0.3) is 0 Å². The van der Waals surface area contributed by atoms with Gasteiger partial charge in [0.05, 0.1) is 11.8 Å². The van der Waals surface area contributed by atoms with Crippen molar-refractivity contribution in [3.63, 3.8) is 0 Å². The Kier molecular flexibility index (Phi) is 5.24.